The lowest BCUT2D eigenvalue weighted by Gasteiger charge is -2.62. The van der Waals surface area contributed by atoms with E-state index in [0.29, 0.717) is 16.4 Å². The molecule has 1 amide bonds. The molecule has 2 aliphatic rings. The van der Waals surface area contributed by atoms with Gasteiger partial charge in [0.15, 0.2) is 5.82 Å². The summed E-state index contributed by atoms with van der Waals surface area (Å²) >= 11 is 6.02. The Morgan fingerprint density at radius 2 is 2.14 bits per heavy atom. The number of likely N-dealkylation sites (tertiary alicyclic amines) is 1. The molecule has 146 valence electrons. The summed E-state index contributed by atoms with van der Waals surface area (Å²) < 4.78 is 0. The summed E-state index contributed by atoms with van der Waals surface area (Å²) in [7, 11) is 0. The van der Waals surface area contributed by atoms with Crippen molar-refractivity contribution in [1.82, 2.24) is 24.8 Å². The van der Waals surface area contributed by atoms with Gasteiger partial charge >= 0.3 is 0 Å². The number of halogens is 1. The van der Waals surface area contributed by atoms with Gasteiger partial charge in [-0.05, 0) is 30.7 Å². The normalized spacial score (nSPS) is 17.0. The van der Waals surface area contributed by atoms with E-state index in [-0.39, 0.29) is 11.4 Å². The Hall–Kier alpha value is -3.26. The molecule has 2 aliphatic heterocycles. The summed E-state index contributed by atoms with van der Waals surface area (Å²) in [6.45, 7) is 5.92. The molecule has 9 heteroatoms. The number of fused-ring (bicyclic) bond motifs is 1. The van der Waals surface area contributed by atoms with Crippen molar-refractivity contribution in [2.45, 2.75) is 12.0 Å². The SMILES string of the molecule is C=CC(=O)N1CCC12CN(c1ccc3ncnc(Nc4cncc(Cl)c4)c3n1)C2. The molecule has 29 heavy (non-hydrogen) atoms. The molecular weight excluding hydrogens is 390 g/mol. The highest BCUT2D eigenvalue weighted by Crippen LogP contribution is 2.41. The lowest BCUT2D eigenvalue weighted by atomic mass is 9.77. The zero-order chi connectivity index (χ0) is 20.0. The summed E-state index contributed by atoms with van der Waals surface area (Å²) in [5.74, 6) is 1.42. The molecule has 2 fully saturated rings. The second-order valence-corrected chi connectivity index (χ2v) is 7.74. The first-order valence-corrected chi connectivity index (χ1v) is 9.64. The van der Waals surface area contributed by atoms with Crippen LogP contribution >= 0.6 is 11.6 Å². The van der Waals surface area contributed by atoms with E-state index in [4.69, 9.17) is 16.6 Å². The molecule has 0 radical (unpaired) electrons. The van der Waals surface area contributed by atoms with Crippen molar-refractivity contribution >= 4 is 45.9 Å². The van der Waals surface area contributed by atoms with Crippen molar-refractivity contribution < 1.29 is 4.79 Å². The van der Waals surface area contributed by atoms with Crippen LogP contribution < -0.4 is 10.2 Å². The van der Waals surface area contributed by atoms with E-state index in [1.165, 1.54) is 12.4 Å². The van der Waals surface area contributed by atoms with Gasteiger partial charge in [-0.1, -0.05) is 18.2 Å². The third kappa shape index (κ3) is 2.96. The second-order valence-electron chi connectivity index (χ2n) is 7.30. The highest BCUT2D eigenvalue weighted by molar-refractivity contribution is 6.30. The van der Waals surface area contributed by atoms with Crippen molar-refractivity contribution in [3.05, 3.63) is 54.6 Å². The molecule has 2 saturated heterocycles. The maximum Gasteiger partial charge on any atom is 0.246 e. The Morgan fingerprint density at radius 3 is 2.86 bits per heavy atom. The first-order chi connectivity index (χ1) is 14.1. The van der Waals surface area contributed by atoms with Crippen LogP contribution in [0.3, 0.4) is 0 Å². The molecule has 0 atom stereocenters. The van der Waals surface area contributed by atoms with Crippen molar-refractivity contribution in [3.8, 4) is 0 Å². The molecule has 5 heterocycles. The molecule has 0 unspecified atom stereocenters. The van der Waals surface area contributed by atoms with E-state index in [1.807, 2.05) is 17.0 Å². The van der Waals surface area contributed by atoms with Crippen LogP contribution in [0.4, 0.5) is 17.3 Å². The molecule has 0 bridgehead atoms. The van der Waals surface area contributed by atoms with Gasteiger partial charge in [0.1, 0.15) is 17.7 Å². The highest BCUT2D eigenvalue weighted by atomic mass is 35.5. The van der Waals surface area contributed by atoms with E-state index in [1.54, 1.807) is 18.5 Å². The molecule has 3 aromatic heterocycles. The van der Waals surface area contributed by atoms with E-state index in [2.05, 4.69) is 31.7 Å². The minimum Gasteiger partial charge on any atom is -0.352 e. The Morgan fingerprint density at radius 1 is 1.28 bits per heavy atom. The monoisotopic (exact) mass is 407 g/mol. The van der Waals surface area contributed by atoms with Gasteiger partial charge < -0.3 is 15.1 Å². The van der Waals surface area contributed by atoms with Crippen LogP contribution in [0, 0.1) is 0 Å². The first kappa shape index (κ1) is 17.8. The Labute approximate surface area is 172 Å². The number of aromatic nitrogens is 4. The van der Waals surface area contributed by atoms with E-state index in [9.17, 15) is 4.79 Å². The average Bonchev–Trinajstić information content (AvgIpc) is 2.66. The van der Waals surface area contributed by atoms with Gasteiger partial charge in [-0.15, -0.1) is 0 Å². The Kier molecular flexibility index (Phi) is 4.09. The Bertz CT molecular complexity index is 1130. The topological polar surface area (TPSA) is 87.1 Å². The van der Waals surface area contributed by atoms with Crippen LogP contribution in [0.25, 0.3) is 11.0 Å². The van der Waals surface area contributed by atoms with Crippen LogP contribution in [-0.2, 0) is 4.79 Å². The minimum absolute atomic E-state index is 0.00242. The quantitative estimate of drug-likeness (QED) is 0.665. The molecular formula is C20H18ClN7O. The lowest BCUT2D eigenvalue weighted by molar-refractivity contribution is -0.144. The number of carbonyl (C=O) groups excluding carboxylic acids is 1. The maximum atomic E-state index is 12.0. The molecule has 0 aromatic carbocycles. The number of pyridine rings is 2. The first-order valence-electron chi connectivity index (χ1n) is 9.26. The molecule has 0 aliphatic carbocycles. The number of anilines is 3. The second kappa shape index (κ2) is 6.66. The number of rotatable bonds is 4. The van der Waals surface area contributed by atoms with Crippen LogP contribution in [0.15, 0.2) is 49.6 Å². The number of hydrogen-bond donors (Lipinski definition) is 1. The summed E-state index contributed by atoms with van der Waals surface area (Å²) in [4.78, 5) is 33.6. The molecule has 0 saturated carbocycles. The summed E-state index contributed by atoms with van der Waals surface area (Å²) in [5, 5.41) is 3.75. The van der Waals surface area contributed by atoms with Gasteiger partial charge in [-0.25, -0.2) is 15.0 Å². The standard InChI is InChI=1S/C20H18ClN7O/c1-2-17(29)28-6-5-20(28)10-27(11-20)16-4-3-15-18(26-16)19(24-12-23-15)25-14-7-13(21)8-22-9-14/h2-4,7-9,12H,1,5-6,10-11H2,(H,23,24,25). The average molecular weight is 408 g/mol. The predicted molar refractivity (Wildman–Crippen MR) is 111 cm³/mol. The number of amides is 1. The van der Waals surface area contributed by atoms with E-state index < -0.39 is 0 Å². The predicted octanol–water partition coefficient (Wildman–Crippen LogP) is 2.79. The van der Waals surface area contributed by atoms with Crippen LogP contribution in [0.1, 0.15) is 6.42 Å². The number of hydrogen-bond acceptors (Lipinski definition) is 7. The lowest BCUT2D eigenvalue weighted by Crippen LogP contribution is -2.78. The van der Waals surface area contributed by atoms with Gasteiger partial charge in [0.25, 0.3) is 0 Å². The number of carbonyl (C=O) groups is 1. The van der Waals surface area contributed by atoms with Gasteiger partial charge in [0.05, 0.1) is 28.0 Å². The van der Waals surface area contributed by atoms with Crippen molar-refractivity contribution in [3.63, 3.8) is 0 Å². The summed E-state index contributed by atoms with van der Waals surface area (Å²) in [6, 6.07) is 5.65. The fourth-order valence-electron chi connectivity index (χ4n) is 3.96. The molecule has 5 rings (SSSR count). The molecule has 1 spiro atoms. The zero-order valence-corrected chi connectivity index (χ0v) is 16.3. The summed E-state index contributed by atoms with van der Waals surface area (Å²) in [6.07, 6.45) is 7.13. The van der Waals surface area contributed by atoms with Gasteiger partial charge in [0, 0.05) is 25.8 Å². The number of nitrogens with zero attached hydrogens (tertiary/aromatic N) is 6. The van der Waals surface area contributed by atoms with Crippen molar-refractivity contribution in [2.24, 2.45) is 0 Å². The third-order valence-corrected chi connectivity index (χ3v) is 5.75. The van der Waals surface area contributed by atoms with Gasteiger partial charge in [-0.3, -0.25) is 9.78 Å². The number of nitrogens with one attached hydrogen (secondary N) is 1. The fraction of sp³-hybridized carbons (Fsp3) is 0.250. The van der Waals surface area contributed by atoms with Gasteiger partial charge in [-0.2, -0.15) is 0 Å². The van der Waals surface area contributed by atoms with Crippen molar-refractivity contribution in [2.75, 3.05) is 29.9 Å². The minimum atomic E-state index is -0.0807. The largest absolute Gasteiger partial charge is 0.352 e. The van der Waals surface area contributed by atoms with E-state index in [0.717, 1.165) is 43.1 Å². The third-order valence-electron chi connectivity index (χ3n) is 5.54. The molecule has 8 nitrogen and oxygen atoms in total. The Balaban J connectivity index is 1.41. The van der Waals surface area contributed by atoms with Crippen LogP contribution in [-0.4, -0.2) is 55.9 Å². The van der Waals surface area contributed by atoms with E-state index >= 15 is 0 Å². The zero-order valence-electron chi connectivity index (χ0n) is 15.5. The molecule has 3 aromatic rings. The van der Waals surface area contributed by atoms with Crippen LogP contribution in [0.5, 0.6) is 0 Å². The summed E-state index contributed by atoms with van der Waals surface area (Å²) in [5.41, 5.74) is 2.05. The fourth-order valence-corrected chi connectivity index (χ4v) is 4.14. The van der Waals surface area contributed by atoms with Gasteiger partial charge in [0.2, 0.25) is 5.91 Å². The smallest absolute Gasteiger partial charge is 0.246 e. The highest BCUT2D eigenvalue weighted by Gasteiger charge is 2.55. The van der Waals surface area contributed by atoms with Crippen LogP contribution in [0.2, 0.25) is 5.02 Å². The van der Waals surface area contributed by atoms with Crippen molar-refractivity contribution in [1.29, 1.82) is 0 Å². The molecule has 1 N–H and O–H groups in total. The maximum absolute atomic E-state index is 12.0.